The molecule has 106 valence electrons. The summed E-state index contributed by atoms with van der Waals surface area (Å²) in [7, 11) is 0. The molecule has 1 fully saturated rings. The lowest BCUT2D eigenvalue weighted by Gasteiger charge is -2.20. The van der Waals surface area contributed by atoms with Crippen molar-refractivity contribution in [2.45, 2.75) is 46.7 Å². The van der Waals surface area contributed by atoms with Crippen LogP contribution in [0.5, 0.6) is 0 Å². The highest BCUT2D eigenvalue weighted by molar-refractivity contribution is 5.32. The lowest BCUT2D eigenvalue weighted by atomic mass is 10.0. The van der Waals surface area contributed by atoms with Crippen LogP contribution in [0.2, 0.25) is 0 Å². The van der Waals surface area contributed by atoms with Crippen molar-refractivity contribution in [3.63, 3.8) is 0 Å². The fraction of sp³-hybridized carbons (Fsp3) is 0.647. The van der Waals surface area contributed by atoms with Crippen molar-refractivity contribution < 1.29 is 0 Å². The van der Waals surface area contributed by atoms with Crippen LogP contribution in [0.4, 0.5) is 0 Å². The van der Waals surface area contributed by atoms with Crippen molar-refractivity contribution in [1.29, 1.82) is 0 Å². The van der Waals surface area contributed by atoms with E-state index in [0.29, 0.717) is 6.04 Å². The monoisotopic (exact) mass is 260 g/mol. The Morgan fingerprint density at radius 2 is 2.11 bits per heavy atom. The van der Waals surface area contributed by atoms with Crippen molar-refractivity contribution in [2.24, 2.45) is 5.92 Å². The van der Waals surface area contributed by atoms with Crippen LogP contribution in [0.3, 0.4) is 0 Å². The van der Waals surface area contributed by atoms with Crippen LogP contribution in [0.15, 0.2) is 18.2 Å². The van der Waals surface area contributed by atoms with Crippen LogP contribution in [0.25, 0.3) is 0 Å². The van der Waals surface area contributed by atoms with Crippen LogP contribution in [0, 0.1) is 19.8 Å². The van der Waals surface area contributed by atoms with Gasteiger partial charge in [-0.25, -0.2) is 0 Å². The Bertz CT molecular complexity index is 412. The summed E-state index contributed by atoms with van der Waals surface area (Å²) in [6.45, 7) is 13.7. The zero-order chi connectivity index (χ0) is 13.8. The average molecular weight is 260 g/mol. The largest absolute Gasteiger partial charge is 0.312 e. The zero-order valence-electron chi connectivity index (χ0n) is 12.9. The van der Waals surface area contributed by atoms with Gasteiger partial charge in [-0.05, 0) is 69.8 Å². The molecule has 0 aromatic heterocycles. The molecule has 1 aromatic rings. The fourth-order valence-electron chi connectivity index (χ4n) is 2.91. The van der Waals surface area contributed by atoms with Gasteiger partial charge in [-0.2, -0.15) is 0 Å². The predicted octanol–water partition coefficient (Wildman–Crippen LogP) is 3.12. The molecule has 1 aromatic carbocycles. The lowest BCUT2D eigenvalue weighted by Crippen LogP contribution is -2.30. The van der Waals surface area contributed by atoms with E-state index in [1.54, 1.807) is 0 Å². The van der Waals surface area contributed by atoms with E-state index in [0.717, 1.165) is 19.0 Å². The standard InChI is InChI=1S/C17H28N2/c1-13(2)19-9-8-16(12-19)10-18-11-17-7-5-6-14(3)15(17)4/h5-7,13,16,18H,8-12H2,1-4H3. The van der Waals surface area contributed by atoms with E-state index in [1.807, 2.05) is 0 Å². The maximum absolute atomic E-state index is 3.64. The summed E-state index contributed by atoms with van der Waals surface area (Å²) >= 11 is 0. The summed E-state index contributed by atoms with van der Waals surface area (Å²) in [6, 6.07) is 7.29. The Morgan fingerprint density at radius 1 is 1.32 bits per heavy atom. The van der Waals surface area contributed by atoms with E-state index < -0.39 is 0 Å². The van der Waals surface area contributed by atoms with Gasteiger partial charge in [0.25, 0.3) is 0 Å². The number of likely N-dealkylation sites (tertiary alicyclic amines) is 1. The molecule has 19 heavy (non-hydrogen) atoms. The normalized spacial score (nSPS) is 20.4. The van der Waals surface area contributed by atoms with Gasteiger partial charge < -0.3 is 10.2 Å². The van der Waals surface area contributed by atoms with Gasteiger partial charge in [-0.1, -0.05) is 18.2 Å². The number of hydrogen-bond donors (Lipinski definition) is 1. The number of benzene rings is 1. The minimum absolute atomic E-state index is 0.698. The van der Waals surface area contributed by atoms with Crippen molar-refractivity contribution >= 4 is 0 Å². The first-order chi connectivity index (χ1) is 9.08. The fourth-order valence-corrected chi connectivity index (χ4v) is 2.91. The second-order valence-electron chi connectivity index (χ2n) is 6.23. The Hall–Kier alpha value is -0.860. The van der Waals surface area contributed by atoms with Gasteiger partial charge in [-0.3, -0.25) is 0 Å². The summed E-state index contributed by atoms with van der Waals surface area (Å²) in [5.74, 6) is 0.826. The summed E-state index contributed by atoms with van der Waals surface area (Å²) in [5.41, 5.74) is 4.27. The van der Waals surface area contributed by atoms with Crippen molar-refractivity contribution in [1.82, 2.24) is 10.2 Å². The van der Waals surface area contributed by atoms with Gasteiger partial charge >= 0.3 is 0 Å². The van der Waals surface area contributed by atoms with Gasteiger partial charge in [-0.15, -0.1) is 0 Å². The van der Waals surface area contributed by atoms with Gasteiger partial charge in [0.15, 0.2) is 0 Å². The molecule has 2 rings (SSSR count). The third kappa shape index (κ3) is 3.80. The van der Waals surface area contributed by atoms with Crippen LogP contribution in [-0.4, -0.2) is 30.6 Å². The number of rotatable bonds is 5. The Morgan fingerprint density at radius 3 is 2.79 bits per heavy atom. The molecule has 1 atom stereocenters. The molecule has 1 N–H and O–H groups in total. The highest BCUT2D eigenvalue weighted by atomic mass is 15.2. The minimum Gasteiger partial charge on any atom is -0.312 e. The average Bonchev–Trinajstić information content (AvgIpc) is 2.83. The second-order valence-corrected chi connectivity index (χ2v) is 6.23. The molecule has 1 saturated heterocycles. The highest BCUT2D eigenvalue weighted by Crippen LogP contribution is 2.18. The molecule has 0 spiro atoms. The molecule has 0 bridgehead atoms. The Balaban J connectivity index is 1.77. The molecular formula is C17H28N2. The number of hydrogen-bond acceptors (Lipinski definition) is 2. The summed E-state index contributed by atoms with van der Waals surface area (Å²) in [5, 5.41) is 3.64. The summed E-state index contributed by atoms with van der Waals surface area (Å²) in [4.78, 5) is 2.59. The molecule has 1 unspecified atom stereocenters. The number of nitrogens with zero attached hydrogens (tertiary/aromatic N) is 1. The van der Waals surface area contributed by atoms with Gasteiger partial charge in [0.05, 0.1) is 0 Å². The van der Waals surface area contributed by atoms with Crippen molar-refractivity contribution in [3.8, 4) is 0 Å². The molecule has 1 aliphatic heterocycles. The zero-order valence-corrected chi connectivity index (χ0v) is 12.9. The van der Waals surface area contributed by atoms with E-state index in [-0.39, 0.29) is 0 Å². The first-order valence-electron chi connectivity index (χ1n) is 7.57. The summed E-state index contributed by atoms with van der Waals surface area (Å²) < 4.78 is 0. The minimum atomic E-state index is 0.698. The van der Waals surface area contributed by atoms with Gasteiger partial charge in [0.2, 0.25) is 0 Å². The highest BCUT2D eigenvalue weighted by Gasteiger charge is 2.23. The third-order valence-corrected chi connectivity index (χ3v) is 4.51. The van der Waals surface area contributed by atoms with Crippen LogP contribution >= 0.6 is 0 Å². The van der Waals surface area contributed by atoms with Crippen LogP contribution in [0.1, 0.15) is 37.0 Å². The lowest BCUT2D eigenvalue weighted by molar-refractivity contribution is 0.264. The molecule has 2 nitrogen and oxygen atoms in total. The second kappa shape index (κ2) is 6.53. The van der Waals surface area contributed by atoms with Crippen molar-refractivity contribution in [2.75, 3.05) is 19.6 Å². The van der Waals surface area contributed by atoms with E-state index >= 15 is 0 Å². The van der Waals surface area contributed by atoms with Crippen LogP contribution in [-0.2, 0) is 6.54 Å². The molecule has 0 amide bonds. The smallest absolute Gasteiger partial charge is 0.0208 e. The SMILES string of the molecule is Cc1cccc(CNCC2CCN(C(C)C)C2)c1C. The van der Waals surface area contributed by atoms with E-state index in [2.05, 4.69) is 56.1 Å². The number of aryl methyl sites for hydroxylation is 1. The topological polar surface area (TPSA) is 15.3 Å². The van der Waals surface area contributed by atoms with Crippen molar-refractivity contribution in [3.05, 3.63) is 34.9 Å². The molecule has 0 saturated carbocycles. The number of nitrogens with one attached hydrogen (secondary N) is 1. The Kier molecular flexibility index (Phi) is 5.00. The maximum atomic E-state index is 3.64. The molecule has 2 heteroatoms. The molecule has 0 radical (unpaired) electrons. The Labute approximate surface area is 118 Å². The third-order valence-electron chi connectivity index (χ3n) is 4.51. The van der Waals surface area contributed by atoms with Gasteiger partial charge in [0, 0.05) is 19.1 Å². The van der Waals surface area contributed by atoms with E-state index in [4.69, 9.17) is 0 Å². The quantitative estimate of drug-likeness (QED) is 0.875. The van der Waals surface area contributed by atoms with Gasteiger partial charge in [0.1, 0.15) is 0 Å². The predicted molar refractivity (Wildman–Crippen MR) is 82.4 cm³/mol. The maximum Gasteiger partial charge on any atom is 0.0208 e. The molecular weight excluding hydrogens is 232 g/mol. The van der Waals surface area contributed by atoms with E-state index in [1.165, 1.54) is 36.2 Å². The first kappa shape index (κ1) is 14.5. The molecule has 0 aliphatic carbocycles. The van der Waals surface area contributed by atoms with E-state index in [9.17, 15) is 0 Å². The summed E-state index contributed by atoms with van der Waals surface area (Å²) in [6.07, 6.45) is 1.35. The van der Waals surface area contributed by atoms with Crippen LogP contribution < -0.4 is 5.32 Å². The molecule has 1 aliphatic rings. The molecule has 1 heterocycles. The first-order valence-corrected chi connectivity index (χ1v) is 7.57.